The van der Waals surface area contributed by atoms with Crippen LogP contribution in [0.25, 0.3) is 0 Å². The van der Waals surface area contributed by atoms with Gasteiger partial charge in [0.2, 0.25) is 0 Å². The molecule has 2 rings (SSSR count). The second kappa shape index (κ2) is 9.20. The number of phenols is 2. The van der Waals surface area contributed by atoms with E-state index in [1.165, 1.54) is 24.3 Å². The van der Waals surface area contributed by atoms with Crippen LogP contribution >= 0.6 is 0 Å². The Morgan fingerprint density at radius 3 is 1.43 bits per heavy atom. The van der Waals surface area contributed by atoms with Crippen LogP contribution in [0.3, 0.4) is 0 Å². The van der Waals surface area contributed by atoms with Gasteiger partial charge in [0.05, 0.1) is 0 Å². The molecule has 150 valence electrons. The van der Waals surface area contributed by atoms with Gasteiger partial charge in [0.25, 0.3) is 0 Å². The first kappa shape index (κ1) is 21.2. The van der Waals surface area contributed by atoms with Gasteiger partial charge in [0.15, 0.2) is 0 Å². The van der Waals surface area contributed by atoms with Crippen LogP contribution in [0.2, 0.25) is 0 Å². The second-order valence-corrected chi connectivity index (χ2v) is 6.58. The van der Waals surface area contributed by atoms with Crippen LogP contribution < -0.4 is 10.6 Å². The summed E-state index contributed by atoms with van der Waals surface area (Å²) >= 11 is 0. The lowest BCUT2D eigenvalue weighted by Crippen LogP contribution is -2.37. The molecular weight excluding hydrogens is 364 g/mol. The smallest absolute Gasteiger partial charge is 0.325 e. The maximum atomic E-state index is 11.6. The third-order valence-electron chi connectivity index (χ3n) is 4.31. The molecule has 0 aliphatic rings. The van der Waals surface area contributed by atoms with Crippen LogP contribution in [0.15, 0.2) is 36.4 Å². The van der Waals surface area contributed by atoms with Gasteiger partial charge < -0.3 is 20.4 Å². The molecule has 0 bridgehead atoms. The largest absolute Gasteiger partial charge is 0.508 e. The molecule has 2 aromatic carbocycles. The van der Waals surface area contributed by atoms with E-state index in [1.54, 1.807) is 26.0 Å². The monoisotopic (exact) mass is 388 g/mol. The van der Waals surface area contributed by atoms with Gasteiger partial charge in [-0.1, -0.05) is 24.3 Å². The van der Waals surface area contributed by atoms with E-state index < -0.39 is 24.0 Å². The third kappa shape index (κ3) is 5.21. The molecule has 0 aromatic heterocycles. The molecular formula is C20H24N2O6. The quantitative estimate of drug-likeness (QED) is 0.358. The third-order valence-corrected chi connectivity index (χ3v) is 4.31. The second-order valence-electron chi connectivity index (χ2n) is 6.58. The summed E-state index contributed by atoms with van der Waals surface area (Å²) in [6.45, 7) is 3.81. The van der Waals surface area contributed by atoms with Crippen LogP contribution in [0.5, 0.6) is 11.5 Å². The van der Waals surface area contributed by atoms with Crippen molar-refractivity contribution in [2.45, 2.75) is 25.9 Å². The van der Waals surface area contributed by atoms with Crippen molar-refractivity contribution >= 4 is 11.9 Å². The van der Waals surface area contributed by atoms with Gasteiger partial charge in [-0.25, -0.2) is 0 Å². The molecule has 6 N–H and O–H groups in total. The number of aromatic hydroxyl groups is 2. The Kier molecular flexibility index (Phi) is 6.97. The summed E-state index contributed by atoms with van der Waals surface area (Å²) in [6, 6.07) is 7.15. The van der Waals surface area contributed by atoms with E-state index in [2.05, 4.69) is 10.6 Å². The van der Waals surface area contributed by atoms with Gasteiger partial charge >= 0.3 is 11.9 Å². The molecule has 0 heterocycles. The summed E-state index contributed by atoms with van der Waals surface area (Å²) in [5.41, 5.74) is 2.05. The van der Waals surface area contributed by atoms with Crippen molar-refractivity contribution in [2.75, 3.05) is 13.1 Å². The number of carboxylic acids is 2. The van der Waals surface area contributed by atoms with E-state index >= 15 is 0 Å². The molecule has 28 heavy (non-hydrogen) atoms. The van der Waals surface area contributed by atoms with Gasteiger partial charge in [0, 0.05) is 24.2 Å². The van der Waals surface area contributed by atoms with E-state index in [0.29, 0.717) is 0 Å². The van der Waals surface area contributed by atoms with Gasteiger partial charge in [0.1, 0.15) is 23.6 Å². The lowest BCUT2D eigenvalue weighted by atomic mass is 10.0. The average Bonchev–Trinajstić information content (AvgIpc) is 2.59. The SMILES string of the molecule is Cc1ccc(C(NCCNC(C(=O)O)c2ccc(C)cc2O)C(=O)O)c(O)c1. The molecule has 2 aromatic rings. The maximum Gasteiger partial charge on any atom is 0.325 e. The van der Waals surface area contributed by atoms with Gasteiger partial charge in [-0.3, -0.25) is 20.2 Å². The highest BCUT2D eigenvalue weighted by Gasteiger charge is 2.24. The Labute approximate surface area is 162 Å². The summed E-state index contributed by atoms with van der Waals surface area (Å²) in [4.78, 5) is 23.1. The predicted molar refractivity (Wildman–Crippen MR) is 102 cm³/mol. The topological polar surface area (TPSA) is 139 Å². The number of rotatable bonds is 9. The molecule has 0 radical (unpaired) electrons. The number of hydrogen-bond donors (Lipinski definition) is 6. The lowest BCUT2D eigenvalue weighted by molar-refractivity contribution is -0.141. The molecule has 8 nitrogen and oxygen atoms in total. The molecule has 0 aliphatic heterocycles. The Bertz CT molecular complexity index is 796. The van der Waals surface area contributed by atoms with Gasteiger partial charge in [-0.15, -0.1) is 0 Å². The fraction of sp³-hybridized carbons (Fsp3) is 0.300. The average molecular weight is 388 g/mol. The van der Waals surface area contributed by atoms with Crippen molar-refractivity contribution < 1.29 is 30.0 Å². The first-order valence-electron chi connectivity index (χ1n) is 8.72. The highest BCUT2D eigenvalue weighted by atomic mass is 16.4. The number of aliphatic carboxylic acids is 2. The number of nitrogens with one attached hydrogen (secondary N) is 2. The zero-order valence-electron chi connectivity index (χ0n) is 15.6. The molecule has 0 saturated heterocycles. The maximum absolute atomic E-state index is 11.6. The van der Waals surface area contributed by atoms with E-state index in [-0.39, 0.29) is 35.7 Å². The molecule has 0 aliphatic carbocycles. The molecule has 0 spiro atoms. The number of carbonyl (C=O) groups is 2. The zero-order valence-corrected chi connectivity index (χ0v) is 15.6. The van der Waals surface area contributed by atoms with E-state index in [4.69, 9.17) is 0 Å². The summed E-state index contributed by atoms with van der Waals surface area (Å²) in [6.07, 6.45) is 0. The number of phenolic OH excluding ortho intramolecular Hbond substituents is 2. The number of carboxylic acid groups (broad SMARTS) is 2. The Balaban J connectivity index is 2.03. The number of benzene rings is 2. The summed E-state index contributed by atoms with van der Waals surface area (Å²) in [7, 11) is 0. The molecule has 0 fully saturated rings. The fourth-order valence-corrected chi connectivity index (χ4v) is 2.89. The molecule has 2 atom stereocenters. The van der Waals surface area contributed by atoms with Crippen LogP contribution in [0.1, 0.15) is 34.3 Å². The van der Waals surface area contributed by atoms with Gasteiger partial charge in [-0.05, 0) is 37.1 Å². The predicted octanol–water partition coefficient (Wildman–Crippen LogP) is 1.85. The minimum atomic E-state index is -1.16. The standard InChI is InChI=1S/C20H24N2O6/c1-11-3-5-13(15(23)9-11)17(19(25)26)21-7-8-22-18(20(27)28)14-6-4-12(2)10-16(14)24/h3-6,9-10,17-18,21-24H,7-8H2,1-2H3,(H,25,26)(H,27,28). The molecule has 0 saturated carbocycles. The van der Waals surface area contributed by atoms with Gasteiger partial charge in [-0.2, -0.15) is 0 Å². The number of hydrogen-bond acceptors (Lipinski definition) is 6. The van der Waals surface area contributed by atoms with E-state index in [1.807, 2.05) is 0 Å². The zero-order chi connectivity index (χ0) is 20.8. The van der Waals surface area contributed by atoms with E-state index in [9.17, 15) is 30.0 Å². The lowest BCUT2D eigenvalue weighted by Gasteiger charge is -2.19. The summed E-state index contributed by atoms with van der Waals surface area (Å²) in [5.74, 6) is -2.57. The van der Waals surface area contributed by atoms with Crippen molar-refractivity contribution in [3.8, 4) is 11.5 Å². The van der Waals surface area contributed by atoms with E-state index in [0.717, 1.165) is 11.1 Å². The normalized spacial score (nSPS) is 13.1. The van der Waals surface area contributed by atoms with Crippen LogP contribution in [-0.4, -0.2) is 45.5 Å². The first-order valence-corrected chi connectivity index (χ1v) is 8.72. The Morgan fingerprint density at radius 1 is 0.786 bits per heavy atom. The van der Waals surface area contributed by atoms with Crippen molar-refractivity contribution in [3.63, 3.8) is 0 Å². The fourth-order valence-electron chi connectivity index (χ4n) is 2.89. The highest BCUT2D eigenvalue weighted by molar-refractivity contribution is 5.77. The molecule has 0 amide bonds. The summed E-state index contributed by atoms with van der Waals surface area (Å²) < 4.78 is 0. The van der Waals surface area contributed by atoms with Crippen molar-refractivity contribution in [1.82, 2.24) is 10.6 Å². The minimum absolute atomic E-state index is 0.124. The van der Waals surface area contributed by atoms with Crippen LogP contribution in [-0.2, 0) is 9.59 Å². The highest BCUT2D eigenvalue weighted by Crippen LogP contribution is 2.26. The van der Waals surface area contributed by atoms with Crippen molar-refractivity contribution in [3.05, 3.63) is 58.7 Å². The minimum Gasteiger partial charge on any atom is -0.508 e. The number of aryl methyl sites for hydroxylation is 2. The van der Waals surface area contributed by atoms with Crippen LogP contribution in [0, 0.1) is 13.8 Å². The van der Waals surface area contributed by atoms with Crippen molar-refractivity contribution in [2.24, 2.45) is 0 Å². The van der Waals surface area contributed by atoms with Crippen LogP contribution in [0.4, 0.5) is 0 Å². The van der Waals surface area contributed by atoms with Crippen molar-refractivity contribution in [1.29, 1.82) is 0 Å². The summed E-state index contributed by atoms with van der Waals surface area (Å²) in [5, 5.41) is 44.5. The Morgan fingerprint density at radius 2 is 1.14 bits per heavy atom. The first-order chi connectivity index (χ1) is 13.2. The molecule has 8 heteroatoms. The Hall–Kier alpha value is -3.10. The molecule has 2 unspecified atom stereocenters.